The maximum absolute atomic E-state index is 14.1. The second kappa shape index (κ2) is 9.95. The quantitative estimate of drug-likeness (QED) is 0.451. The van der Waals surface area contributed by atoms with Crippen molar-refractivity contribution in [1.29, 1.82) is 5.26 Å². The van der Waals surface area contributed by atoms with E-state index in [2.05, 4.69) is 11.1 Å². The van der Waals surface area contributed by atoms with Crippen molar-refractivity contribution in [3.8, 4) is 6.07 Å². The molecule has 0 unspecified atom stereocenters. The number of anilines is 2. The highest BCUT2D eigenvalue weighted by molar-refractivity contribution is 7.89. The summed E-state index contributed by atoms with van der Waals surface area (Å²) in [6.45, 7) is 3.89. The summed E-state index contributed by atoms with van der Waals surface area (Å²) >= 11 is 12.5. The summed E-state index contributed by atoms with van der Waals surface area (Å²) in [5, 5.41) is 9.65. The van der Waals surface area contributed by atoms with Crippen LogP contribution in [0.25, 0.3) is 0 Å². The number of rotatable bonds is 5. The number of hydrogen-bond acceptors (Lipinski definition) is 6. The Morgan fingerprint density at radius 3 is 2.26 bits per heavy atom. The first-order valence-electron chi connectivity index (χ1n) is 12.1. The van der Waals surface area contributed by atoms with Crippen LogP contribution in [-0.2, 0) is 31.6 Å². The molecule has 13 heteroatoms. The molecule has 1 fully saturated rings. The molecule has 2 amide bonds. The van der Waals surface area contributed by atoms with E-state index in [9.17, 15) is 23.3 Å². The van der Waals surface area contributed by atoms with Gasteiger partial charge in [0.15, 0.2) is 5.03 Å². The Labute approximate surface area is 236 Å². The van der Waals surface area contributed by atoms with Crippen LogP contribution in [0.5, 0.6) is 0 Å². The van der Waals surface area contributed by atoms with E-state index in [0.717, 1.165) is 5.56 Å². The molecule has 2 aliphatic heterocycles. The number of piperazine rings is 1. The average molecular weight is 587 g/mol. The van der Waals surface area contributed by atoms with E-state index in [1.807, 2.05) is 0 Å². The summed E-state index contributed by atoms with van der Waals surface area (Å²) < 4.78 is 30.6. The Bertz CT molecular complexity index is 1600. The van der Waals surface area contributed by atoms with Crippen molar-refractivity contribution >= 4 is 56.7 Å². The zero-order chi connectivity index (χ0) is 28.1. The number of hydrogen-bond donors (Lipinski definition) is 0. The van der Waals surface area contributed by atoms with Crippen LogP contribution in [0.1, 0.15) is 25.0 Å². The van der Waals surface area contributed by atoms with Crippen LogP contribution in [-0.4, -0.2) is 65.2 Å². The highest BCUT2D eigenvalue weighted by Gasteiger charge is 2.52. The molecule has 0 saturated carbocycles. The zero-order valence-corrected chi connectivity index (χ0v) is 23.5. The van der Waals surface area contributed by atoms with Crippen LogP contribution >= 0.6 is 23.2 Å². The Morgan fingerprint density at radius 1 is 1.08 bits per heavy atom. The molecule has 39 heavy (non-hydrogen) atoms. The normalized spacial score (nSPS) is 19.7. The fourth-order valence-corrected chi connectivity index (χ4v) is 7.21. The summed E-state index contributed by atoms with van der Waals surface area (Å²) in [6, 6.07) is 13.5. The van der Waals surface area contributed by atoms with Gasteiger partial charge in [0.25, 0.3) is 15.9 Å². The van der Waals surface area contributed by atoms with Crippen LogP contribution in [0.3, 0.4) is 0 Å². The molecule has 3 aromatic rings. The minimum absolute atomic E-state index is 0.117. The number of aromatic nitrogens is 2. The van der Waals surface area contributed by atoms with Crippen molar-refractivity contribution in [3.05, 3.63) is 69.8 Å². The first-order valence-corrected chi connectivity index (χ1v) is 14.3. The second-order valence-electron chi connectivity index (χ2n) is 9.67. The second-order valence-corrected chi connectivity index (χ2v) is 12.4. The summed E-state index contributed by atoms with van der Waals surface area (Å²) in [5.74, 6) is -0.407. The Balaban J connectivity index is 1.62. The van der Waals surface area contributed by atoms with Crippen LogP contribution < -0.4 is 4.90 Å². The molecular formula is C26H24Cl2N6O4S. The molecule has 0 N–H and O–H groups in total. The topological polar surface area (TPSA) is 120 Å². The third-order valence-corrected chi connectivity index (χ3v) is 9.39. The standard InChI is InChI=1S/C26H24Cl2N6O4S/c1-17(35)31-7-9-32(10-8-31)39(37,38)23-16-30-25-33(22-12-20(27)11-21(28)13-22)24(36)26(2,34(23)25)14-18-3-5-19(15-29)6-4-18/h3-6,11-13,16H,7-10,14H2,1-2H3/t26-/m1/s1. The lowest BCUT2D eigenvalue weighted by Gasteiger charge is -2.34. The summed E-state index contributed by atoms with van der Waals surface area (Å²) in [4.78, 5) is 33.2. The molecule has 1 saturated heterocycles. The number of imidazole rings is 1. The van der Waals surface area contributed by atoms with E-state index in [4.69, 9.17) is 23.2 Å². The minimum atomic E-state index is -4.09. The van der Waals surface area contributed by atoms with Crippen molar-refractivity contribution in [3.63, 3.8) is 0 Å². The van der Waals surface area contributed by atoms with Gasteiger partial charge in [0.1, 0.15) is 5.54 Å². The van der Waals surface area contributed by atoms with E-state index in [1.54, 1.807) is 48.2 Å². The zero-order valence-electron chi connectivity index (χ0n) is 21.1. The van der Waals surface area contributed by atoms with Gasteiger partial charge < -0.3 is 4.90 Å². The molecule has 0 bridgehead atoms. The first kappa shape index (κ1) is 27.1. The summed E-state index contributed by atoms with van der Waals surface area (Å²) in [5.41, 5.74) is 0.159. The average Bonchev–Trinajstić information content (AvgIpc) is 3.42. The molecule has 3 heterocycles. The fourth-order valence-electron chi connectivity index (χ4n) is 5.08. The van der Waals surface area contributed by atoms with Gasteiger partial charge >= 0.3 is 0 Å². The SMILES string of the molecule is CC(=O)N1CCN(S(=O)(=O)c2cnc3n2[C@](C)(Cc2ccc(C#N)cc2)C(=O)N3c2cc(Cl)cc(Cl)c2)CC1. The largest absolute Gasteiger partial charge is 0.340 e. The van der Waals surface area contributed by atoms with Gasteiger partial charge in [0, 0.05) is 49.6 Å². The third kappa shape index (κ3) is 4.67. The molecule has 0 radical (unpaired) electrons. The van der Waals surface area contributed by atoms with Crippen LogP contribution in [0, 0.1) is 11.3 Å². The van der Waals surface area contributed by atoms with Gasteiger partial charge in [-0.25, -0.2) is 18.3 Å². The summed E-state index contributed by atoms with van der Waals surface area (Å²) in [6.07, 6.45) is 1.39. The van der Waals surface area contributed by atoms with E-state index in [1.165, 1.54) is 33.0 Å². The van der Waals surface area contributed by atoms with Gasteiger partial charge in [-0.15, -0.1) is 0 Å². The Morgan fingerprint density at radius 2 is 1.69 bits per heavy atom. The number of sulfonamides is 1. The van der Waals surface area contributed by atoms with Crippen molar-refractivity contribution < 1.29 is 18.0 Å². The van der Waals surface area contributed by atoms with Crippen molar-refractivity contribution in [2.75, 3.05) is 31.1 Å². The summed E-state index contributed by atoms with van der Waals surface area (Å²) in [7, 11) is -4.09. The molecule has 2 aromatic carbocycles. The number of nitriles is 1. The number of benzene rings is 2. The van der Waals surface area contributed by atoms with E-state index in [-0.39, 0.29) is 49.5 Å². The van der Waals surface area contributed by atoms with Gasteiger partial charge in [0.2, 0.25) is 11.9 Å². The number of carbonyl (C=O) groups excluding carboxylic acids is 2. The van der Waals surface area contributed by atoms with Gasteiger partial charge in [-0.1, -0.05) is 35.3 Å². The van der Waals surface area contributed by atoms with Crippen LogP contribution in [0.4, 0.5) is 11.6 Å². The van der Waals surface area contributed by atoms with Gasteiger partial charge in [-0.2, -0.15) is 9.57 Å². The van der Waals surface area contributed by atoms with E-state index in [0.29, 0.717) is 21.3 Å². The first-order chi connectivity index (χ1) is 18.5. The number of halogens is 2. The number of carbonyl (C=O) groups is 2. The molecule has 0 spiro atoms. The fraction of sp³-hybridized carbons (Fsp3) is 0.308. The molecule has 1 aromatic heterocycles. The molecular weight excluding hydrogens is 563 g/mol. The van der Waals surface area contributed by atoms with Crippen LogP contribution in [0.2, 0.25) is 10.0 Å². The Kier molecular flexibility index (Phi) is 6.93. The van der Waals surface area contributed by atoms with Crippen molar-refractivity contribution in [2.24, 2.45) is 0 Å². The van der Waals surface area contributed by atoms with E-state index < -0.39 is 21.5 Å². The lowest BCUT2D eigenvalue weighted by molar-refractivity contribution is -0.130. The smallest absolute Gasteiger partial charge is 0.260 e. The molecule has 10 nitrogen and oxygen atoms in total. The molecule has 202 valence electrons. The maximum atomic E-state index is 14.1. The monoisotopic (exact) mass is 586 g/mol. The van der Waals surface area contributed by atoms with Crippen LogP contribution in [0.15, 0.2) is 53.7 Å². The lowest BCUT2D eigenvalue weighted by Crippen LogP contribution is -2.50. The molecule has 2 aliphatic rings. The predicted molar refractivity (Wildman–Crippen MR) is 145 cm³/mol. The maximum Gasteiger partial charge on any atom is 0.260 e. The highest BCUT2D eigenvalue weighted by Crippen LogP contribution is 2.44. The van der Waals surface area contributed by atoms with Gasteiger partial charge in [0.05, 0.1) is 23.5 Å². The van der Waals surface area contributed by atoms with E-state index >= 15 is 0 Å². The predicted octanol–water partition coefficient (Wildman–Crippen LogP) is 3.55. The molecule has 5 rings (SSSR count). The van der Waals surface area contributed by atoms with Crippen molar-refractivity contribution in [2.45, 2.75) is 30.8 Å². The van der Waals surface area contributed by atoms with Crippen molar-refractivity contribution in [1.82, 2.24) is 18.8 Å². The van der Waals surface area contributed by atoms with Gasteiger partial charge in [-0.05, 0) is 42.8 Å². The lowest BCUT2D eigenvalue weighted by atomic mass is 9.91. The number of nitrogens with zero attached hydrogens (tertiary/aromatic N) is 6. The Hall–Kier alpha value is -3.43. The number of amides is 2. The minimum Gasteiger partial charge on any atom is -0.340 e. The molecule has 0 aliphatic carbocycles. The molecule has 1 atom stereocenters. The highest BCUT2D eigenvalue weighted by atomic mass is 35.5. The van der Waals surface area contributed by atoms with Gasteiger partial charge in [-0.3, -0.25) is 14.2 Å². The third-order valence-electron chi connectivity index (χ3n) is 7.09. The number of fused-ring (bicyclic) bond motifs is 1.